The van der Waals surface area contributed by atoms with Crippen molar-refractivity contribution in [3.63, 3.8) is 0 Å². The molecule has 1 N–H and O–H groups in total. The molecule has 1 fully saturated rings. The molecular formula is C19H25N3O5S2. The number of rotatable bonds is 9. The SMILES string of the molecule is COCCOc1ccc(CNC(=O)c2sccc2S(=O)(=O)N2CCCCC2)cn1. The zero-order valence-corrected chi connectivity index (χ0v) is 17.9. The molecule has 0 radical (unpaired) electrons. The lowest BCUT2D eigenvalue weighted by Crippen LogP contribution is -2.36. The maximum Gasteiger partial charge on any atom is 0.263 e. The van der Waals surface area contributed by atoms with Gasteiger partial charge < -0.3 is 14.8 Å². The number of nitrogens with one attached hydrogen (secondary N) is 1. The van der Waals surface area contributed by atoms with Crippen LogP contribution in [0.15, 0.2) is 34.7 Å². The molecule has 0 aromatic carbocycles. The zero-order valence-electron chi connectivity index (χ0n) is 16.3. The Balaban J connectivity index is 1.61. The molecule has 10 heteroatoms. The van der Waals surface area contributed by atoms with E-state index in [0.717, 1.165) is 36.2 Å². The third-order valence-corrected chi connectivity index (χ3v) is 7.54. The van der Waals surface area contributed by atoms with Crippen LogP contribution in [0.2, 0.25) is 0 Å². The molecule has 8 nitrogen and oxygen atoms in total. The highest BCUT2D eigenvalue weighted by Crippen LogP contribution is 2.27. The van der Waals surface area contributed by atoms with Gasteiger partial charge in [-0.2, -0.15) is 4.31 Å². The maximum atomic E-state index is 12.9. The summed E-state index contributed by atoms with van der Waals surface area (Å²) in [5.74, 6) is 0.0706. The first-order chi connectivity index (χ1) is 14.0. The van der Waals surface area contributed by atoms with Gasteiger partial charge in [-0.3, -0.25) is 4.79 Å². The number of hydrogen-bond acceptors (Lipinski definition) is 7. The molecule has 0 spiro atoms. The molecule has 1 aliphatic heterocycles. The number of hydrogen-bond donors (Lipinski definition) is 1. The van der Waals surface area contributed by atoms with Crippen LogP contribution in [-0.4, -0.2) is 57.0 Å². The third kappa shape index (κ3) is 5.53. The summed E-state index contributed by atoms with van der Waals surface area (Å²) < 4.78 is 37.6. The van der Waals surface area contributed by atoms with Gasteiger partial charge in [0.25, 0.3) is 5.91 Å². The van der Waals surface area contributed by atoms with Crippen LogP contribution >= 0.6 is 11.3 Å². The fraction of sp³-hybridized carbons (Fsp3) is 0.474. The summed E-state index contributed by atoms with van der Waals surface area (Å²) in [6.45, 7) is 2.13. The van der Waals surface area contributed by atoms with E-state index in [1.54, 1.807) is 30.8 Å². The van der Waals surface area contributed by atoms with Crippen LogP contribution in [0.25, 0.3) is 0 Å². The molecule has 3 heterocycles. The van der Waals surface area contributed by atoms with Gasteiger partial charge in [-0.05, 0) is 29.9 Å². The number of nitrogens with zero attached hydrogens (tertiary/aromatic N) is 2. The molecular weight excluding hydrogens is 414 g/mol. The van der Waals surface area contributed by atoms with Gasteiger partial charge in [-0.25, -0.2) is 13.4 Å². The molecule has 0 aliphatic carbocycles. The van der Waals surface area contributed by atoms with Gasteiger partial charge in [0.05, 0.1) is 6.61 Å². The molecule has 158 valence electrons. The number of thiophene rings is 1. The molecule has 29 heavy (non-hydrogen) atoms. The van der Waals surface area contributed by atoms with Crippen molar-refractivity contribution in [2.24, 2.45) is 0 Å². The molecule has 0 unspecified atom stereocenters. The van der Waals surface area contributed by atoms with Crippen molar-refractivity contribution in [1.82, 2.24) is 14.6 Å². The number of sulfonamides is 1. The third-order valence-electron chi connectivity index (χ3n) is 4.56. The normalized spacial score (nSPS) is 15.2. The van der Waals surface area contributed by atoms with Crippen LogP contribution in [0.4, 0.5) is 0 Å². The first-order valence-corrected chi connectivity index (χ1v) is 11.8. The predicted octanol–water partition coefficient (Wildman–Crippen LogP) is 2.27. The largest absolute Gasteiger partial charge is 0.475 e. The highest BCUT2D eigenvalue weighted by molar-refractivity contribution is 7.89. The first-order valence-electron chi connectivity index (χ1n) is 9.45. The Morgan fingerprint density at radius 2 is 2.00 bits per heavy atom. The second kappa shape index (κ2) is 10.1. The minimum atomic E-state index is -3.65. The van der Waals surface area contributed by atoms with Gasteiger partial charge in [-0.15, -0.1) is 11.3 Å². The van der Waals surface area contributed by atoms with Gasteiger partial charge in [0.2, 0.25) is 15.9 Å². The molecule has 2 aromatic heterocycles. The van der Waals surface area contributed by atoms with Crippen LogP contribution in [0.3, 0.4) is 0 Å². The quantitative estimate of drug-likeness (QED) is 0.602. The zero-order chi connectivity index (χ0) is 20.7. The minimum Gasteiger partial charge on any atom is -0.475 e. The van der Waals surface area contributed by atoms with E-state index in [2.05, 4.69) is 10.3 Å². The van der Waals surface area contributed by atoms with E-state index in [-0.39, 0.29) is 16.3 Å². The number of pyridine rings is 1. The molecule has 3 rings (SSSR count). The average molecular weight is 440 g/mol. The summed E-state index contributed by atoms with van der Waals surface area (Å²) in [7, 11) is -2.05. The number of carbonyl (C=O) groups is 1. The topological polar surface area (TPSA) is 97.8 Å². The van der Waals surface area contributed by atoms with Crippen LogP contribution in [0, 0.1) is 0 Å². The predicted molar refractivity (Wildman–Crippen MR) is 110 cm³/mol. The van der Waals surface area contributed by atoms with Crippen LogP contribution < -0.4 is 10.1 Å². The summed E-state index contributed by atoms with van der Waals surface area (Å²) in [5.41, 5.74) is 0.787. The average Bonchev–Trinajstić information content (AvgIpc) is 3.25. The van der Waals surface area contributed by atoms with Crippen LogP contribution in [0.5, 0.6) is 5.88 Å². The highest BCUT2D eigenvalue weighted by atomic mass is 32.2. The van der Waals surface area contributed by atoms with Gasteiger partial charge >= 0.3 is 0 Å². The van der Waals surface area contributed by atoms with E-state index in [9.17, 15) is 13.2 Å². The van der Waals surface area contributed by atoms with Crippen molar-refractivity contribution in [1.29, 1.82) is 0 Å². The summed E-state index contributed by atoms with van der Waals surface area (Å²) in [6, 6.07) is 5.03. The Kier molecular flexibility index (Phi) is 7.59. The van der Waals surface area contributed by atoms with Crippen molar-refractivity contribution in [3.8, 4) is 5.88 Å². The van der Waals surface area contributed by atoms with Crippen molar-refractivity contribution in [3.05, 3.63) is 40.2 Å². The van der Waals surface area contributed by atoms with E-state index < -0.39 is 15.9 Å². The number of carbonyl (C=O) groups excluding carboxylic acids is 1. The maximum absolute atomic E-state index is 12.9. The monoisotopic (exact) mass is 439 g/mol. The van der Waals surface area contributed by atoms with Crippen molar-refractivity contribution >= 4 is 27.3 Å². The second-order valence-electron chi connectivity index (χ2n) is 6.61. The first kappa shape index (κ1) is 21.7. The smallest absolute Gasteiger partial charge is 0.263 e. The lowest BCUT2D eigenvalue weighted by atomic mass is 10.2. The standard InChI is InChI=1S/C19H25N3O5S2/c1-26-10-11-27-17-6-5-15(13-20-17)14-21-19(23)18-16(7-12-28-18)29(24,25)22-8-3-2-4-9-22/h5-7,12-13H,2-4,8-11,14H2,1H3,(H,21,23). The number of ether oxygens (including phenoxy) is 2. The lowest BCUT2D eigenvalue weighted by Gasteiger charge is -2.25. The molecule has 0 bridgehead atoms. The summed E-state index contributed by atoms with van der Waals surface area (Å²) in [5, 5.41) is 4.41. The molecule has 0 saturated carbocycles. The van der Waals surface area contributed by atoms with Gasteiger partial charge in [0.15, 0.2) is 0 Å². The summed E-state index contributed by atoms with van der Waals surface area (Å²) >= 11 is 1.13. The number of methoxy groups -OCH3 is 1. The molecule has 1 aliphatic rings. The van der Waals surface area contributed by atoms with E-state index in [4.69, 9.17) is 9.47 Å². The molecule has 0 atom stereocenters. The fourth-order valence-electron chi connectivity index (χ4n) is 3.00. The van der Waals surface area contributed by atoms with E-state index in [0.29, 0.717) is 32.2 Å². The molecule has 2 aromatic rings. The Morgan fingerprint density at radius 1 is 1.21 bits per heavy atom. The summed E-state index contributed by atoms with van der Waals surface area (Å²) in [4.78, 5) is 17.1. The highest BCUT2D eigenvalue weighted by Gasteiger charge is 2.30. The van der Waals surface area contributed by atoms with E-state index in [1.807, 2.05) is 0 Å². The number of piperidine rings is 1. The molecule has 1 saturated heterocycles. The fourth-order valence-corrected chi connectivity index (χ4v) is 5.84. The Morgan fingerprint density at radius 3 is 2.69 bits per heavy atom. The van der Waals surface area contributed by atoms with Crippen molar-refractivity contribution in [2.45, 2.75) is 30.7 Å². The summed E-state index contributed by atoms with van der Waals surface area (Å²) in [6.07, 6.45) is 4.35. The second-order valence-corrected chi connectivity index (χ2v) is 9.43. The Hall–Kier alpha value is -2.01. The van der Waals surface area contributed by atoms with Crippen LogP contribution in [0.1, 0.15) is 34.5 Å². The van der Waals surface area contributed by atoms with Gasteiger partial charge in [-0.1, -0.05) is 12.5 Å². The number of amides is 1. The van der Waals surface area contributed by atoms with E-state index in [1.165, 1.54) is 10.4 Å². The Bertz CT molecular complexity index is 906. The van der Waals surface area contributed by atoms with Crippen LogP contribution in [-0.2, 0) is 21.3 Å². The Labute approximate surface area is 174 Å². The molecule has 1 amide bonds. The van der Waals surface area contributed by atoms with Crippen molar-refractivity contribution in [2.75, 3.05) is 33.4 Å². The van der Waals surface area contributed by atoms with Gasteiger partial charge in [0, 0.05) is 39.0 Å². The number of aromatic nitrogens is 1. The van der Waals surface area contributed by atoms with E-state index >= 15 is 0 Å². The lowest BCUT2D eigenvalue weighted by molar-refractivity contribution is 0.0951. The minimum absolute atomic E-state index is 0.0851. The van der Waals surface area contributed by atoms with Crippen molar-refractivity contribution < 1.29 is 22.7 Å². The van der Waals surface area contributed by atoms with Gasteiger partial charge in [0.1, 0.15) is 16.4 Å².